The first-order valence-electron chi connectivity index (χ1n) is 9.43. The Bertz CT molecular complexity index is 1190. The van der Waals surface area contributed by atoms with Gasteiger partial charge in [0.25, 0.3) is 5.91 Å². The van der Waals surface area contributed by atoms with E-state index in [4.69, 9.17) is 4.84 Å². The molecular weight excluding hydrogens is 410 g/mol. The van der Waals surface area contributed by atoms with E-state index in [9.17, 15) is 23.2 Å². The molecular formula is C21H20F2N4O4. The maximum atomic E-state index is 13.8. The second-order valence-corrected chi connectivity index (χ2v) is 6.49. The molecule has 0 bridgehead atoms. The highest BCUT2D eigenvalue weighted by Crippen LogP contribution is 2.11. The third kappa shape index (κ3) is 5.16. The van der Waals surface area contributed by atoms with Gasteiger partial charge in [-0.3, -0.25) is 14.6 Å². The number of hydrogen-bond donors (Lipinski definition) is 3. The average Bonchev–Trinajstić information content (AvgIpc) is 2.75. The molecule has 0 unspecified atom stereocenters. The number of nitrogens with zero attached hydrogens (tertiary/aromatic N) is 1. The molecule has 0 saturated heterocycles. The number of benzene rings is 2. The van der Waals surface area contributed by atoms with Crippen LogP contribution in [0.1, 0.15) is 28.4 Å². The van der Waals surface area contributed by atoms with Gasteiger partial charge in [-0.05, 0) is 30.7 Å². The lowest BCUT2D eigenvalue weighted by atomic mass is 10.2. The van der Waals surface area contributed by atoms with Crippen molar-refractivity contribution in [3.63, 3.8) is 0 Å². The molecule has 2 aromatic carbocycles. The van der Waals surface area contributed by atoms with E-state index in [2.05, 4.69) is 15.6 Å². The Labute approximate surface area is 175 Å². The molecule has 0 atom stereocenters. The number of halogens is 2. The van der Waals surface area contributed by atoms with E-state index < -0.39 is 34.4 Å². The smallest absolute Gasteiger partial charge is 0.363 e. The van der Waals surface area contributed by atoms with E-state index in [1.54, 1.807) is 37.3 Å². The predicted molar refractivity (Wildman–Crippen MR) is 110 cm³/mol. The average molecular weight is 430 g/mol. The molecule has 0 aliphatic heterocycles. The van der Waals surface area contributed by atoms with Gasteiger partial charge in [-0.2, -0.15) is 0 Å². The normalized spacial score (nSPS) is 10.5. The van der Waals surface area contributed by atoms with Crippen LogP contribution in [0.4, 0.5) is 14.6 Å². The lowest BCUT2D eigenvalue weighted by Gasteiger charge is -2.14. The van der Waals surface area contributed by atoms with Gasteiger partial charge in [0.05, 0.1) is 0 Å². The molecule has 31 heavy (non-hydrogen) atoms. The van der Waals surface area contributed by atoms with Gasteiger partial charge in [-0.1, -0.05) is 35.1 Å². The summed E-state index contributed by atoms with van der Waals surface area (Å²) in [5, 5.41) is 5.11. The van der Waals surface area contributed by atoms with Gasteiger partial charge in [0.2, 0.25) is 0 Å². The Kier molecular flexibility index (Phi) is 6.81. The SMILES string of the molecule is CCNc1[nH]c(=O)n(OCc2ccccc2)c(=O)c1C(=O)NCc1cc(F)ccc1F. The fourth-order valence-corrected chi connectivity index (χ4v) is 2.81. The number of aromatic nitrogens is 2. The van der Waals surface area contributed by atoms with E-state index in [0.717, 1.165) is 18.2 Å². The van der Waals surface area contributed by atoms with E-state index in [1.165, 1.54) is 0 Å². The second kappa shape index (κ2) is 9.70. The summed E-state index contributed by atoms with van der Waals surface area (Å²) < 4.78 is 27.6. The van der Waals surface area contributed by atoms with Gasteiger partial charge in [0.1, 0.15) is 29.6 Å². The molecule has 8 nitrogen and oxygen atoms in total. The number of anilines is 1. The lowest BCUT2D eigenvalue weighted by Crippen LogP contribution is -2.45. The summed E-state index contributed by atoms with van der Waals surface area (Å²) >= 11 is 0. The van der Waals surface area contributed by atoms with Crippen molar-refractivity contribution < 1.29 is 18.4 Å². The monoisotopic (exact) mass is 430 g/mol. The van der Waals surface area contributed by atoms with Crippen molar-refractivity contribution in [3.05, 3.63) is 97.7 Å². The summed E-state index contributed by atoms with van der Waals surface area (Å²) in [6, 6.07) is 11.7. The number of amides is 1. The van der Waals surface area contributed by atoms with Gasteiger partial charge in [-0.15, -0.1) is 0 Å². The Morgan fingerprint density at radius 3 is 2.58 bits per heavy atom. The first kappa shape index (κ1) is 21.8. The largest absolute Gasteiger partial charge is 0.401 e. The van der Waals surface area contributed by atoms with Gasteiger partial charge < -0.3 is 15.5 Å². The standard InChI is InChI=1S/C21H20F2N4O4/c1-2-24-18-17(19(28)25-11-14-10-15(22)8-9-16(14)23)20(29)27(21(30)26-18)31-12-13-6-4-3-5-7-13/h3-10,24H,2,11-12H2,1H3,(H,25,28)(H,26,30). The van der Waals surface area contributed by atoms with Crippen LogP contribution in [0.5, 0.6) is 0 Å². The molecule has 10 heteroatoms. The van der Waals surface area contributed by atoms with Crippen LogP contribution in [0.15, 0.2) is 58.1 Å². The lowest BCUT2D eigenvalue weighted by molar-refractivity contribution is 0.0764. The van der Waals surface area contributed by atoms with Crippen molar-refractivity contribution in [2.75, 3.05) is 11.9 Å². The summed E-state index contributed by atoms with van der Waals surface area (Å²) in [7, 11) is 0. The summed E-state index contributed by atoms with van der Waals surface area (Å²) in [5.74, 6) is -2.37. The highest BCUT2D eigenvalue weighted by molar-refractivity contribution is 5.98. The molecule has 0 aliphatic rings. The van der Waals surface area contributed by atoms with Gasteiger partial charge in [0.15, 0.2) is 0 Å². The summed E-state index contributed by atoms with van der Waals surface area (Å²) in [6.45, 7) is 1.57. The van der Waals surface area contributed by atoms with Crippen LogP contribution in [0, 0.1) is 11.6 Å². The zero-order chi connectivity index (χ0) is 22.4. The number of nitrogens with one attached hydrogen (secondary N) is 3. The van der Waals surface area contributed by atoms with Gasteiger partial charge >= 0.3 is 11.2 Å². The van der Waals surface area contributed by atoms with Crippen LogP contribution in [0.25, 0.3) is 0 Å². The molecule has 3 rings (SSSR count). The van der Waals surface area contributed by atoms with Crippen LogP contribution in [0.2, 0.25) is 0 Å². The maximum Gasteiger partial charge on any atom is 0.363 e. The van der Waals surface area contributed by atoms with Crippen LogP contribution >= 0.6 is 0 Å². The zero-order valence-electron chi connectivity index (χ0n) is 16.6. The van der Waals surface area contributed by atoms with E-state index in [-0.39, 0.29) is 24.5 Å². The number of H-pyrrole nitrogens is 1. The van der Waals surface area contributed by atoms with Gasteiger partial charge in [-0.25, -0.2) is 13.6 Å². The molecule has 0 aliphatic carbocycles. The quantitative estimate of drug-likeness (QED) is 0.506. The fourth-order valence-electron chi connectivity index (χ4n) is 2.81. The van der Waals surface area contributed by atoms with Crippen molar-refractivity contribution in [2.45, 2.75) is 20.1 Å². The summed E-state index contributed by atoms with van der Waals surface area (Å²) in [5.41, 5.74) is -1.68. The van der Waals surface area contributed by atoms with Crippen LogP contribution in [0.3, 0.4) is 0 Å². The van der Waals surface area contributed by atoms with E-state index in [1.807, 2.05) is 0 Å². The van der Waals surface area contributed by atoms with Crippen molar-refractivity contribution in [1.82, 2.24) is 15.0 Å². The molecule has 3 N–H and O–H groups in total. The van der Waals surface area contributed by atoms with E-state index >= 15 is 0 Å². The Morgan fingerprint density at radius 2 is 1.87 bits per heavy atom. The van der Waals surface area contributed by atoms with Crippen molar-refractivity contribution in [1.29, 1.82) is 0 Å². The second-order valence-electron chi connectivity index (χ2n) is 6.49. The minimum atomic E-state index is -0.993. The van der Waals surface area contributed by atoms with Crippen LogP contribution < -0.4 is 26.7 Å². The Hall–Kier alpha value is -3.95. The highest BCUT2D eigenvalue weighted by Gasteiger charge is 2.22. The molecule has 0 radical (unpaired) electrons. The van der Waals surface area contributed by atoms with Crippen LogP contribution in [-0.4, -0.2) is 22.2 Å². The van der Waals surface area contributed by atoms with Crippen molar-refractivity contribution >= 4 is 11.7 Å². The van der Waals surface area contributed by atoms with E-state index in [0.29, 0.717) is 16.8 Å². The van der Waals surface area contributed by atoms with Gasteiger partial charge in [0, 0.05) is 18.7 Å². The Balaban J connectivity index is 1.89. The van der Waals surface area contributed by atoms with Crippen LogP contribution in [-0.2, 0) is 13.2 Å². The maximum absolute atomic E-state index is 13.8. The zero-order valence-corrected chi connectivity index (χ0v) is 16.6. The number of hydrogen-bond acceptors (Lipinski definition) is 5. The topological polar surface area (TPSA) is 105 Å². The number of carbonyl (C=O) groups is 1. The third-order valence-electron chi connectivity index (χ3n) is 4.30. The summed E-state index contributed by atoms with van der Waals surface area (Å²) in [6.07, 6.45) is 0. The number of aromatic amines is 1. The minimum Gasteiger partial charge on any atom is -0.401 e. The molecule has 0 saturated carbocycles. The first-order chi connectivity index (χ1) is 14.9. The molecule has 0 spiro atoms. The third-order valence-corrected chi connectivity index (χ3v) is 4.30. The molecule has 162 valence electrons. The molecule has 0 fully saturated rings. The van der Waals surface area contributed by atoms with Crippen molar-refractivity contribution in [3.8, 4) is 0 Å². The first-order valence-corrected chi connectivity index (χ1v) is 9.43. The number of carbonyl (C=O) groups excluding carboxylic acids is 1. The highest BCUT2D eigenvalue weighted by atomic mass is 19.1. The number of rotatable bonds is 8. The minimum absolute atomic E-state index is 0.0834. The summed E-state index contributed by atoms with van der Waals surface area (Å²) in [4.78, 5) is 45.6. The molecule has 1 aromatic heterocycles. The predicted octanol–water partition coefficient (Wildman–Crippen LogP) is 1.81. The van der Waals surface area contributed by atoms with Crippen molar-refractivity contribution in [2.24, 2.45) is 0 Å². The molecule has 1 heterocycles. The fraction of sp³-hybridized carbons (Fsp3) is 0.190. The Morgan fingerprint density at radius 1 is 1.13 bits per heavy atom. The molecule has 1 amide bonds. The molecule has 3 aromatic rings.